The van der Waals surface area contributed by atoms with Crippen LogP contribution in [0.2, 0.25) is 0 Å². The lowest BCUT2D eigenvalue weighted by molar-refractivity contribution is 0.0826. The molecular formula is C16H26N2O3. The van der Waals surface area contributed by atoms with E-state index in [2.05, 4.69) is 24.1 Å². The van der Waals surface area contributed by atoms with E-state index in [-0.39, 0.29) is 5.54 Å². The molecule has 2 rings (SSSR count). The number of nitrogens with one attached hydrogen (secondary N) is 1. The van der Waals surface area contributed by atoms with E-state index in [1.807, 2.05) is 12.1 Å². The molecule has 0 radical (unpaired) electrons. The van der Waals surface area contributed by atoms with Gasteiger partial charge in [0, 0.05) is 31.7 Å². The van der Waals surface area contributed by atoms with E-state index in [1.165, 1.54) is 5.56 Å². The van der Waals surface area contributed by atoms with Gasteiger partial charge in [-0.25, -0.2) is 0 Å². The maximum Gasteiger partial charge on any atom is 0.203 e. The van der Waals surface area contributed by atoms with Gasteiger partial charge in [-0.15, -0.1) is 0 Å². The van der Waals surface area contributed by atoms with Crippen LogP contribution in [0.5, 0.6) is 17.2 Å². The minimum atomic E-state index is 0.138. The largest absolute Gasteiger partial charge is 0.493 e. The van der Waals surface area contributed by atoms with Crippen LogP contribution in [0.25, 0.3) is 0 Å². The Morgan fingerprint density at radius 1 is 1.10 bits per heavy atom. The maximum absolute atomic E-state index is 5.42. The van der Waals surface area contributed by atoms with Gasteiger partial charge in [-0.2, -0.15) is 0 Å². The Balaban J connectivity index is 2.27. The molecule has 0 saturated carbocycles. The fraction of sp³-hybridized carbons (Fsp3) is 0.625. The van der Waals surface area contributed by atoms with Crippen molar-refractivity contribution in [3.63, 3.8) is 0 Å². The van der Waals surface area contributed by atoms with Crippen LogP contribution in [-0.4, -0.2) is 51.4 Å². The van der Waals surface area contributed by atoms with Crippen LogP contribution in [-0.2, 0) is 6.54 Å². The van der Waals surface area contributed by atoms with E-state index in [1.54, 1.807) is 21.3 Å². The summed E-state index contributed by atoms with van der Waals surface area (Å²) >= 11 is 0. The molecule has 0 aliphatic carbocycles. The molecule has 0 aromatic heterocycles. The highest BCUT2D eigenvalue weighted by Crippen LogP contribution is 2.38. The molecular weight excluding hydrogens is 268 g/mol. The van der Waals surface area contributed by atoms with Crippen LogP contribution < -0.4 is 19.5 Å². The molecule has 1 aromatic carbocycles. The van der Waals surface area contributed by atoms with Gasteiger partial charge in [-0.3, -0.25) is 4.90 Å². The monoisotopic (exact) mass is 294 g/mol. The predicted octanol–water partition coefficient (Wildman–Crippen LogP) is 1.90. The molecule has 1 aliphatic rings. The number of ether oxygens (including phenoxy) is 3. The number of rotatable bonds is 5. The highest BCUT2D eigenvalue weighted by atomic mass is 16.5. The van der Waals surface area contributed by atoms with Crippen LogP contribution in [0.15, 0.2) is 12.1 Å². The summed E-state index contributed by atoms with van der Waals surface area (Å²) in [5.41, 5.74) is 1.30. The lowest BCUT2D eigenvalue weighted by Gasteiger charge is -2.43. The molecule has 1 saturated heterocycles. The first-order chi connectivity index (χ1) is 10.0. The van der Waals surface area contributed by atoms with Crippen LogP contribution in [0.3, 0.4) is 0 Å². The van der Waals surface area contributed by atoms with Gasteiger partial charge < -0.3 is 19.5 Å². The van der Waals surface area contributed by atoms with E-state index >= 15 is 0 Å². The number of methoxy groups -OCH3 is 3. The lowest BCUT2D eigenvalue weighted by atomic mass is 9.99. The molecule has 1 aromatic rings. The summed E-state index contributed by atoms with van der Waals surface area (Å²) in [6.07, 6.45) is 0. The fourth-order valence-corrected chi connectivity index (χ4v) is 2.76. The zero-order valence-electron chi connectivity index (χ0n) is 13.7. The highest BCUT2D eigenvalue weighted by Gasteiger charge is 2.29. The molecule has 1 N–H and O–H groups in total. The summed E-state index contributed by atoms with van der Waals surface area (Å²) < 4.78 is 16.2. The molecule has 0 amide bonds. The average molecular weight is 294 g/mol. The first-order valence-corrected chi connectivity index (χ1v) is 7.26. The second kappa shape index (κ2) is 6.54. The third-order valence-electron chi connectivity index (χ3n) is 4.07. The Morgan fingerprint density at radius 3 is 2.19 bits per heavy atom. The third-order valence-corrected chi connectivity index (χ3v) is 4.07. The van der Waals surface area contributed by atoms with Crippen molar-refractivity contribution in [3.8, 4) is 17.2 Å². The number of hydrogen-bond donors (Lipinski definition) is 1. The van der Waals surface area contributed by atoms with Crippen molar-refractivity contribution in [2.75, 3.05) is 41.0 Å². The SMILES string of the molecule is COc1cc(CN2CCNCC2(C)C)cc(OC)c1OC. The molecule has 0 spiro atoms. The van der Waals surface area contributed by atoms with Gasteiger partial charge in [0.25, 0.3) is 0 Å². The van der Waals surface area contributed by atoms with E-state index < -0.39 is 0 Å². The molecule has 21 heavy (non-hydrogen) atoms. The number of piperazine rings is 1. The van der Waals surface area contributed by atoms with Gasteiger partial charge in [-0.05, 0) is 31.5 Å². The molecule has 0 bridgehead atoms. The second-order valence-electron chi connectivity index (χ2n) is 5.94. The summed E-state index contributed by atoms with van der Waals surface area (Å²) in [4.78, 5) is 2.48. The Bertz CT molecular complexity index is 463. The Hall–Kier alpha value is -1.46. The molecule has 1 aliphatic heterocycles. The number of benzene rings is 1. The van der Waals surface area contributed by atoms with Crippen LogP contribution >= 0.6 is 0 Å². The van der Waals surface area contributed by atoms with Crippen molar-refractivity contribution in [2.45, 2.75) is 25.9 Å². The van der Waals surface area contributed by atoms with Gasteiger partial charge in [0.1, 0.15) is 0 Å². The van der Waals surface area contributed by atoms with E-state index in [0.29, 0.717) is 17.2 Å². The first-order valence-electron chi connectivity index (χ1n) is 7.26. The molecule has 0 unspecified atom stereocenters. The quantitative estimate of drug-likeness (QED) is 0.898. The normalized spacial score (nSPS) is 18.3. The maximum atomic E-state index is 5.42. The van der Waals surface area contributed by atoms with Crippen LogP contribution in [0, 0.1) is 0 Å². The van der Waals surface area contributed by atoms with Crippen molar-refractivity contribution in [2.24, 2.45) is 0 Å². The van der Waals surface area contributed by atoms with Crippen molar-refractivity contribution in [1.29, 1.82) is 0 Å². The lowest BCUT2D eigenvalue weighted by Crippen LogP contribution is -2.57. The van der Waals surface area contributed by atoms with Crippen molar-refractivity contribution in [3.05, 3.63) is 17.7 Å². The Labute approximate surface area is 127 Å². The van der Waals surface area contributed by atoms with Crippen molar-refractivity contribution in [1.82, 2.24) is 10.2 Å². The third kappa shape index (κ3) is 3.41. The van der Waals surface area contributed by atoms with Gasteiger partial charge in [0.2, 0.25) is 5.75 Å². The minimum Gasteiger partial charge on any atom is -0.493 e. The zero-order chi connectivity index (χ0) is 15.5. The van der Waals surface area contributed by atoms with Crippen molar-refractivity contribution < 1.29 is 14.2 Å². The average Bonchev–Trinajstić information content (AvgIpc) is 2.48. The zero-order valence-corrected chi connectivity index (χ0v) is 13.7. The first kappa shape index (κ1) is 15.9. The Kier molecular flexibility index (Phi) is 4.96. The molecule has 0 atom stereocenters. The Morgan fingerprint density at radius 2 is 1.71 bits per heavy atom. The van der Waals surface area contributed by atoms with Gasteiger partial charge in [-0.1, -0.05) is 0 Å². The topological polar surface area (TPSA) is 43.0 Å². The fourth-order valence-electron chi connectivity index (χ4n) is 2.76. The number of nitrogens with zero attached hydrogens (tertiary/aromatic N) is 1. The highest BCUT2D eigenvalue weighted by molar-refractivity contribution is 5.53. The minimum absolute atomic E-state index is 0.138. The summed E-state index contributed by atoms with van der Waals surface area (Å²) in [6.45, 7) is 8.44. The summed E-state index contributed by atoms with van der Waals surface area (Å²) in [5.74, 6) is 2.06. The molecule has 5 nitrogen and oxygen atoms in total. The van der Waals surface area contributed by atoms with Crippen molar-refractivity contribution >= 4 is 0 Å². The van der Waals surface area contributed by atoms with Crippen LogP contribution in [0.1, 0.15) is 19.4 Å². The van der Waals surface area contributed by atoms with E-state index in [0.717, 1.165) is 26.2 Å². The van der Waals surface area contributed by atoms with Gasteiger partial charge in [0.15, 0.2) is 11.5 Å². The summed E-state index contributed by atoms with van der Waals surface area (Å²) in [5, 5.41) is 3.44. The summed E-state index contributed by atoms with van der Waals surface area (Å²) in [6, 6.07) is 4.05. The van der Waals surface area contributed by atoms with Gasteiger partial charge in [0.05, 0.1) is 21.3 Å². The smallest absolute Gasteiger partial charge is 0.203 e. The predicted molar refractivity (Wildman–Crippen MR) is 83.5 cm³/mol. The summed E-state index contributed by atoms with van der Waals surface area (Å²) in [7, 11) is 4.92. The second-order valence-corrected chi connectivity index (χ2v) is 5.94. The molecule has 5 heteroatoms. The van der Waals surface area contributed by atoms with E-state index in [4.69, 9.17) is 14.2 Å². The molecule has 1 heterocycles. The van der Waals surface area contributed by atoms with Gasteiger partial charge >= 0.3 is 0 Å². The number of hydrogen-bond acceptors (Lipinski definition) is 5. The van der Waals surface area contributed by atoms with E-state index in [9.17, 15) is 0 Å². The standard InChI is InChI=1S/C16H26N2O3/c1-16(2)11-17-6-7-18(16)10-12-8-13(19-3)15(21-5)14(9-12)20-4/h8-9,17H,6-7,10-11H2,1-5H3. The molecule has 118 valence electrons. The van der Waals surface area contributed by atoms with Crippen LogP contribution in [0.4, 0.5) is 0 Å². The molecule has 1 fully saturated rings.